The van der Waals surface area contributed by atoms with Crippen LogP contribution in [0.3, 0.4) is 0 Å². The average molecular weight is 503 g/mol. The Morgan fingerprint density at radius 2 is 1.83 bits per heavy atom. The van der Waals surface area contributed by atoms with Crippen molar-refractivity contribution in [3.8, 4) is 0 Å². The minimum atomic E-state index is -1.37. The number of aliphatic hydroxyl groups excluding tert-OH is 2. The van der Waals surface area contributed by atoms with Gasteiger partial charge in [-0.05, 0) is 99.2 Å². The molecular weight excluding hydrogens is 456 g/mol. The normalized spacial score (nSPS) is 50.6. The summed E-state index contributed by atoms with van der Waals surface area (Å²) >= 11 is 0. The van der Waals surface area contributed by atoms with Crippen molar-refractivity contribution in [2.24, 2.45) is 44.8 Å². The smallest absolute Gasteiger partial charge is 0.310 e. The zero-order valence-corrected chi connectivity index (χ0v) is 23.1. The zero-order valence-electron chi connectivity index (χ0n) is 23.1. The van der Waals surface area contributed by atoms with Gasteiger partial charge in [-0.15, -0.1) is 0 Å². The molecule has 4 aliphatic carbocycles. The van der Waals surface area contributed by atoms with Crippen LogP contribution < -0.4 is 0 Å². The van der Waals surface area contributed by atoms with E-state index in [1.807, 2.05) is 13.8 Å². The molecule has 3 saturated carbocycles. The largest absolute Gasteiger partial charge is 0.459 e. The zero-order chi connectivity index (χ0) is 26.7. The molecule has 0 amide bonds. The van der Waals surface area contributed by atoms with E-state index in [2.05, 4.69) is 26.8 Å². The van der Waals surface area contributed by atoms with Crippen molar-refractivity contribution in [2.75, 3.05) is 0 Å². The molecule has 36 heavy (non-hydrogen) atoms. The molecule has 202 valence electrons. The number of hydrogen-bond donors (Lipinski definition) is 3. The Bertz CT molecular complexity index is 994. The van der Waals surface area contributed by atoms with Crippen LogP contribution in [0.5, 0.6) is 0 Å². The van der Waals surface area contributed by atoms with Crippen molar-refractivity contribution in [2.45, 2.75) is 117 Å². The quantitative estimate of drug-likeness (QED) is 0.302. The maximum atomic E-state index is 13.6. The van der Waals surface area contributed by atoms with E-state index < -0.39 is 34.6 Å². The van der Waals surface area contributed by atoms with Crippen molar-refractivity contribution in [3.05, 3.63) is 11.6 Å². The Labute approximate surface area is 215 Å². The van der Waals surface area contributed by atoms with Crippen LogP contribution >= 0.6 is 0 Å². The summed E-state index contributed by atoms with van der Waals surface area (Å²) in [7, 11) is 0. The fourth-order valence-corrected chi connectivity index (χ4v) is 9.93. The van der Waals surface area contributed by atoms with Gasteiger partial charge in [-0.1, -0.05) is 39.3 Å². The highest BCUT2D eigenvalue weighted by Gasteiger charge is 2.80. The third-order valence-electron chi connectivity index (χ3n) is 12.3. The summed E-state index contributed by atoms with van der Waals surface area (Å²) in [6.07, 6.45) is 7.12. The van der Waals surface area contributed by atoms with Crippen molar-refractivity contribution in [3.63, 3.8) is 0 Å². The van der Waals surface area contributed by atoms with Crippen molar-refractivity contribution in [1.82, 2.24) is 0 Å². The Morgan fingerprint density at radius 1 is 1.17 bits per heavy atom. The van der Waals surface area contributed by atoms with E-state index in [-0.39, 0.29) is 34.2 Å². The first-order valence-corrected chi connectivity index (χ1v) is 14.0. The van der Waals surface area contributed by atoms with E-state index in [9.17, 15) is 24.9 Å². The number of hydrogen-bond acceptors (Lipinski definition) is 6. The lowest BCUT2D eigenvalue weighted by atomic mass is 9.43. The summed E-state index contributed by atoms with van der Waals surface area (Å²) in [5.74, 6) is -0.524. The third-order valence-corrected chi connectivity index (χ3v) is 12.3. The highest BCUT2D eigenvalue weighted by atomic mass is 16.6. The van der Waals surface area contributed by atoms with Crippen LogP contribution in [0, 0.1) is 44.8 Å². The second-order valence-electron chi connectivity index (χ2n) is 14.7. The number of allylic oxidation sites excluding steroid dienone is 2. The van der Waals surface area contributed by atoms with E-state index in [0.29, 0.717) is 12.3 Å². The van der Waals surface area contributed by atoms with Crippen molar-refractivity contribution in [1.29, 1.82) is 0 Å². The summed E-state index contributed by atoms with van der Waals surface area (Å²) in [5, 5.41) is 31.7. The van der Waals surface area contributed by atoms with E-state index in [4.69, 9.17) is 4.74 Å². The van der Waals surface area contributed by atoms with Crippen molar-refractivity contribution < 1.29 is 29.6 Å². The van der Waals surface area contributed by atoms with Gasteiger partial charge in [0.1, 0.15) is 18.5 Å². The van der Waals surface area contributed by atoms with Gasteiger partial charge >= 0.3 is 5.97 Å². The van der Waals surface area contributed by atoms with Crippen LogP contribution in [0.15, 0.2) is 11.6 Å². The Morgan fingerprint density at radius 3 is 2.42 bits per heavy atom. The van der Waals surface area contributed by atoms with Crippen LogP contribution in [0.25, 0.3) is 0 Å². The molecule has 0 aromatic rings. The second-order valence-corrected chi connectivity index (χ2v) is 14.7. The van der Waals surface area contributed by atoms with Gasteiger partial charge in [0.2, 0.25) is 0 Å². The van der Waals surface area contributed by atoms with Gasteiger partial charge in [0, 0.05) is 0 Å². The maximum absolute atomic E-state index is 13.6. The molecule has 0 aromatic heterocycles. The molecule has 10 atom stereocenters. The van der Waals surface area contributed by atoms with Crippen LogP contribution in [-0.4, -0.2) is 51.5 Å². The number of carbonyl (C=O) groups is 2. The molecular formula is C30H46O6. The monoisotopic (exact) mass is 502 g/mol. The summed E-state index contributed by atoms with van der Waals surface area (Å²) in [5.41, 5.74) is -1.56. The summed E-state index contributed by atoms with van der Waals surface area (Å²) in [6, 6.07) is 0. The van der Waals surface area contributed by atoms with E-state index >= 15 is 0 Å². The lowest BCUT2D eigenvalue weighted by Gasteiger charge is -2.61. The number of cyclic esters (lactones) is 1. The first-order chi connectivity index (χ1) is 16.5. The molecule has 5 aliphatic rings. The van der Waals surface area contributed by atoms with Gasteiger partial charge in [0.15, 0.2) is 0 Å². The molecule has 4 fully saturated rings. The first-order valence-electron chi connectivity index (χ1n) is 14.0. The van der Waals surface area contributed by atoms with Crippen LogP contribution in [-0.2, 0) is 14.3 Å². The molecule has 6 nitrogen and oxygen atoms in total. The molecule has 0 radical (unpaired) electrons. The van der Waals surface area contributed by atoms with Gasteiger partial charge in [-0.3, -0.25) is 4.79 Å². The van der Waals surface area contributed by atoms with Gasteiger partial charge in [0.05, 0.1) is 23.0 Å². The molecule has 0 bridgehead atoms. The standard InChI is InChI=1S/C30H46O6/c1-17-14-18(23(33)26(4,5)35)36-24(34)22(17)27(6)12-13-30-15-29(30)11-10-21(32)25(2,3)19(29)8-9-20(30)28(27,7)16-31/h9,16-19,21-23,32-33,35H,8,10-15H2,1-7H3/t17-,18-,19+,21+,22+,23+,27-,28+,29-,30+/m1/s1. The van der Waals surface area contributed by atoms with Crippen LogP contribution in [0.1, 0.15) is 93.4 Å². The molecule has 0 unspecified atom stereocenters. The van der Waals surface area contributed by atoms with E-state index in [0.717, 1.165) is 44.8 Å². The van der Waals surface area contributed by atoms with Crippen molar-refractivity contribution >= 4 is 12.3 Å². The molecule has 1 saturated heterocycles. The van der Waals surface area contributed by atoms with Gasteiger partial charge in [-0.2, -0.15) is 0 Å². The fraction of sp³-hybridized carbons (Fsp3) is 0.867. The SMILES string of the molecule is C[C@@H]1C[C@H]([C@H](O)C(C)(C)O)OC(=O)[C@H]1[C@@]1(C)CC[C@@]23C[C@@]24CC[C@H](O)C(C)(C)[C@@H]4CC=C3[C@]1(C)C=O. The Kier molecular flexibility index (Phi) is 5.61. The highest BCUT2D eigenvalue weighted by molar-refractivity contribution is 5.78. The molecule has 6 heteroatoms. The molecule has 0 aromatic carbocycles. The summed E-state index contributed by atoms with van der Waals surface area (Å²) in [4.78, 5) is 26.7. The molecule has 2 spiro atoms. The maximum Gasteiger partial charge on any atom is 0.310 e. The molecule has 1 aliphatic heterocycles. The first kappa shape index (κ1) is 26.4. The Hall–Kier alpha value is -1.24. The number of esters is 1. The van der Waals surface area contributed by atoms with Gasteiger partial charge in [0.25, 0.3) is 0 Å². The topological polar surface area (TPSA) is 104 Å². The Balaban J connectivity index is 1.50. The number of carbonyl (C=O) groups excluding carboxylic acids is 2. The number of aliphatic hydroxyl groups is 3. The highest BCUT2D eigenvalue weighted by Crippen LogP contribution is 2.86. The minimum Gasteiger partial charge on any atom is -0.459 e. The number of ether oxygens (including phenoxy) is 1. The summed E-state index contributed by atoms with van der Waals surface area (Å²) < 4.78 is 5.80. The van der Waals surface area contributed by atoms with Crippen LogP contribution in [0.4, 0.5) is 0 Å². The van der Waals surface area contributed by atoms with E-state index in [1.54, 1.807) is 0 Å². The predicted molar refractivity (Wildman–Crippen MR) is 136 cm³/mol. The molecule has 3 N–H and O–H groups in total. The van der Waals surface area contributed by atoms with Gasteiger partial charge < -0.3 is 24.9 Å². The van der Waals surface area contributed by atoms with Crippen LogP contribution in [0.2, 0.25) is 0 Å². The van der Waals surface area contributed by atoms with Gasteiger partial charge in [-0.25, -0.2) is 0 Å². The molecule has 1 heterocycles. The summed E-state index contributed by atoms with van der Waals surface area (Å²) in [6.45, 7) is 13.6. The second kappa shape index (κ2) is 7.66. The van der Waals surface area contributed by atoms with E-state index in [1.165, 1.54) is 19.4 Å². The lowest BCUT2D eigenvalue weighted by Crippen LogP contribution is -2.60. The lowest BCUT2D eigenvalue weighted by molar-refractivity contribution is -0.199. The number of rotatable bonds is 4. The predicted octanol–water partition coefficient (Wildman–Crippen LogP) is 4.20. The third kappa shape index (κ3) is 3.07. The average Bonchev–Trinajstić information content (AvgIpc) is 3.46. The fourth-order valence-electron chi connectivity index (χ4n) is 9.93. The minimum absolute atomic E-state index is 0.00997. The number of aldehydes is 1. The molecule has 5 rings (SSSR count).